The van der Waals surface area contributed by atoms with Crippen molar-refractivity contribution in [2.45, 2.75) is 26.2 Å². The number of thiophene rings is 1. The van der Waals surface area contributed by atoms with Gasteiger partial charge in [0.05, 0.1) is 21.0 Å². The maximum atomic E-state index is 11.7. The molecule has 0 aromatic carbocycles. The molecule has 2 aromatic rings. The molecule has 0 spiro atoms. The largest absolute Gasteiger partial charge is 0.366 e. The molecule has 0 atom stereocenters. The molecular weight excluding hydrogens is 272 g/mol. The zero-order valence-electron chi connectivity index (χ0n) is 11.1. The van der Waals surface area contributed by atoms with Crippen LogP contribution in [0.25, 0.3) is 10.6 Å². The molecule has 0 bridgehead atoms. The molecule has 0 saturated carbocycles. The lowest BCUT2D eigenvalue weighted by Gasteiger charge is -2.07. The number of aryl methyl sites for hydroxylation is 2. The minimum atomic E-state index is -0.472. The van der Waals surface area contributed by atoms with Gasteiger partial charge < -0.3 is 5.73 Å². The van der Waals surface area contributed by atoms with Gasteiger partial charge in [-0.15, -0.1) is 11.3 Å². The average Bonchev–Trinajstić information content (AvgIpc) is 3.05. The molecule has 0 saturated heterocycles. The molecule has 4 nitrogen and oxygen atoms in total. The molecule has 0 fully saturated rings. The fourth-order valence-corrected chi connectivity index (χ4v) is 3.41. The van der Waals surface area contributed by atoms with Crippen molar-refractivity contribution in [2.24, 2.45) is 5.73 Å². The van der Waals surface area contributed by atoms with E-state index in [-0.39, 0.29) is 5.78 Å². The van der Waals surface area contributed by atoms with Crippen LogP contribution in [0.15, 0.2) is 18.2 Å². The first-order valence-corrected chi connectivity index (χ1v) is 7.31. The van der Waals surface area contributed by atoms with Crippen molar-refractivity contribution < 1.29 is 9.59 Å². The molecule has 0 radical (unpaired) electrons. The van der Waals surface area contributed by atoms with E-state index in [1.54, 1.807) is 6.07 Å². The van der Waals surface area contributed by atoms with Gasteiger partial charge in [0, 0.05) is 5.69 Å². The first-order chi connectivity index (χ1) is 9.56. The van der Waals surface area contributed by atoms with Crippen molar-refractivity contribution >= 4 is 23.0 Å². The van der Waals surface area contributed by atoms with E-state index < -0.39 is 5.91 Å². The predicted molar refractivity (Wildman–Crippen MR) is 78.1 cm³/mol. The number of hydrogen-bond acceptors (Lipinski definition) is 4. The lowest BCUT2D eigenvalue weighted by molar-refractivity contribution is 0.0997. The van der Waals surface area contributed by atoms with Crippen LogP contribution in [0.4, 0.5) is 0 Å². The summed E-state index contributed by atoms with van der Waals surface area (Å²) < 4.78 is 0. The van der Waals surface area contributed by atoms with Crippen LogP contribution in [0.2, 0.25) is 0 Å². The summed E-state index contributed by atoms with van der Waals surface area (Å²) in [7, 11) is 0. The molecule has 20 heavy (non-hydrogen) atoms. The first-order valence-electron chi connectivity index (χ1n) is 6.50. The van der Waals surface area contributed by atoms with Gasteiger partial charge in [0.15, 0.2) is 5.78 Å². The predicted octanol–water partition coefficient (Wildman–Crippen LogP) is 2.60. The van der Waals surface area contributed by atoms with Gasteiger partial charge in [-0.25, -0.2) is 0 Å². The molecule has 3 rings (SSSR count). The van der Waals surface area contributed by atoms with Gasteiger partial charge in [0.2, 0.25) is 0 Å². The average molecular weight is 286 g/mol. The highest BCUT2D eigenvalue weighted by atomic mass is 32.1. The van der Waals surface area contributed by atoms with Gasteiger partial charge >= 0.3 is 0 Å². The Balaban J connectivity index is 2.16. The Morgan fingerprint density at radius 3 is 2.75 bits per heavy atom. The number of aromatic nitrogens is 1. The third kappa shape index (κ3) is 2.14. The van der Waals surface area contributed by atoms with Crippen LogP contribution in [0.1, 0.15) is 44.6 Å². The van der Waals surface area contributed by atoms with Gasteiger partial charge in [-0.1, -0.05) is 0 Å². The number of carbonyl (C=O) groups is 2. The molecule has 5 heteroatoms. The molecule has 2 aromatic heterocycles. The van der Waals surface area contributed by atoms with E-state index in [4.69, 9.17) is 5.73 Å². The maximum Gasteiger partial charge on any atom is 0.250 e. The number of pyridine rings is 1. The van der Waals surface area contributed by atoms with Gasteiger partial charge in [-0.05, 0) is 49.9 Å². The second-order valence-corrected chi connectivity index (χ2v) is 6.01. The Kier molecular flexibility index (Phi) is 3.14. The number of ketones is 1. The van der Waals surface area contributed by atoms with Gasteiger partial charge in [-0.3, -0.25) is 14.6 Å². The van der Waals surface area contributed by atoms with Crippen molar-refractivity contribution in [2.75, 3.05) is 0 Å². The molecule has 102 valence electrons. The summed E-state index contributed by atoms with van der Waals surface area (Å²) in [5, 5.41) is 0. The summed E-state index contributed by atoms with van der Waals surface area (Å²) in [5.74, 6) is -0.456. The smallest absolute Gasteiger partial charge is 0.250 e. The fourth-order valence-electron chi connectivity index (χ4n) is 2.50. The first kappa shape index (κ1) is 13.0. The molecular formula is C15H14N2O2S. The number of nitrogens with zero attached hydrogens (tertiary/aromatic N) is 1. The molecule has 1 aliphatic carbocycles. The highest BCUT2D eigenvalue weighted by molar-refractivity contribution is 7.17. The number of fused-ring (bicyclic) bond motifs is 1. The Bertz CT molecular complexity index is 719. The Labute approximate surface area is 120 Å². The summed E-state index contributed by atoms with van der Waals surface area (Å²) in [4.78, 5) is 29.1. The topological polar surface area (TPSA) is 73.1 Å². The zero-order valence-corrected chi connectivity index (χ0v) is 11.9. The highest BCUT2D eigenvalue weighted by Crippen LogP contribution is 2.32. The van der Waals surface area contributed by atoms with Crippen molar-refractivity contribution in [3.05, 3.63) is 39.9 Å². The van der Waals surface area contributed by atoms with E-state index >= 15 is 0 Å². The lowest BCUT2D eigenvalue weighted by atomic mass is 10.1. The summed E-state index contributed by atoms with van der Waals surface area (Å²) >= 11 is 1.35. The van der Waals surface area contributed by atoms with Gasteiger partial charge in [0.1, 0.15) is 0 Å². The summed E-state index contributed by atoms with van der Waals surface area (Å²) in [6.45, 7) is 1.53. The zero-order chi connectivity index (χ0) is 14.3. The Morgan fingerprint density at radius 1 is 1.30 bits per heavy atom. The van der Waals surface area contributed by atoms with Crippen molar-refractivity contribution in [1.82, 2.24) is 4.98 Å². The van der Waals surface area contributed by atoms with Crippen LogP contribution < -0.4 is 5.73 Å². The van der Waals surface area contributed by atoms with E-state index in [9.17, 15) is 9.59 Å². The van der Waals surface area contributed by atoms with E-state index in [2.05, 4.69) is 4.98 Å². The number of carbonyl (C=O) groups excluding carboxylic acids is 2. The summed E-state index contributed by atoms with van der Waals surface area (Å²) in [6, 6.07) is 5.46. The highest BCUT2D eigenvalue weighted by Gasteiger charge is 2.21. The summed E-state index contributed by atoms with van der Waals surface area (Å²) in [6.07, 6.45) is 2.95. The van der Waals surface area contributed by atoms with Gasteiger partial charge in [0.25, 0.3) is 5.91 Å². The quantitative estimate of drug-likeness (QED) is 0.881. The molecule has 2 heterocycles. The molecule has 0 aliphatic heterocycles. The molecule has 1 aliphatic rings. The maximum absolute atomic E-state index is 11.7. The number of Topliss-reactive ketones (excluding diaryl/α,β-unsaturated/α-hetero) is 1. The van der Waals surface area contributed by atoms with Gasteiger partial charge in [-0.2, -0.15) is 0 Å². The van der Waals surface area contributed by atoms with Crippen LogP contribution in [-0.4, -0.2) is 16.7 Å². The van der Waals surface area contributed by atoms with Crippen LogP contribution in [0.3, 0.4) is 0 Å². The SMILES string of the molecule is CC(=O)c1ccc(-c2nc3c(cc2C(N)=O)CCC3)s1. The fraction of sp³-hybridized carbons (Fsp3) is 0.267. The third-order valence-corrected chi connectivity index (χ3v) is 4.70. The van der Waals surface area contributed by atoms with Crippen molar-refractivity contribution in [3.8, 4) is 10.6 Å². The Morgan fingerprint density at radius 2 is 2.10 bits per heavy atom. The van der Waals surface area contributed by atoms with E-state index in [1.807, 2.05) is 12.1 Å². The van der Waals surface area contributed by atoms with Crippen LogP contribution in [0.5, 0.6) is 0 Å². The normalized spacial score (nSPS) is 13.2. The molecule has 2 N–H and O–H groups in total. The van der Waals surface area contributed by atoms with E-state index in [0.29, 0.717) is 16.1 Å². The lowest BCUT2D eigenvalue weighted by Crippen LogP contribution is -2.14. The van der Waals surface area contributed by atoms with Crippen LogP contribution in [-0.2, 0) is 12.8 Å². The van der Waals surface area contributed by atoms with Crippen LogP contribution in [0, 0.1) is 0 Å². The molecule has 0 unspecified atom stereocenters. The molecule has 1 amide bonds. The number of hydrogen-bond donors (Lipinski definition) is 1. The van der Waals surface area contributed by atoms with E-state index in [0.717, 1.165) is 35.4 Å². The third-order valence-electron chi connectivity index (χ3n) is 3.50. The number of primary amides is 1. The van der Waals surface area contributed by atoms with Crippen molar-refractivity contribution in [3.63, 3.8) is 0 Å². The van der Waals surface area contributed by atoms with E-state index in [1.165, 1.54) is 18.3 Å². The Hall–Kier alpha value is -2.01. The second-order valence-electron chi connectivity index (χ2n) is 4.93. The second kappa shape index (κ2) is 4.83. The number of rotatable bonds is 3. The minimum Gasteiger partial charge on any atom is -0.366 e. The number of nitrogens with two attached hydrogens (primary N) is 1. The standard InChI is InChI=1S/C15H14N2O2S/c1-8(18)12-5-6-13(20-12)14-10(15(16)19)7-9-3-2-4-11(9)17-14/h5-7H,2-4H2,1H3,(H2,16,19). The minimum absolute atomic E-state index is 0.0167. The number of amides is 1. The van der Waals surface area contributed by atoms with Crippen LogP contribution >= 0.6 is 11.3 Å². The van der Waals surface area contributed by atoms with Crippen molar-refractivity contribution in [1.29, 1.82) is 0 Å². The summed E-state index contributed by atoms with van der Waals surface area (Å²) in [5.41, 5.74) is 8.69. The monoisotopic (exact) mass is 286 g/mol.